The molecule has 166 valence electrons. The molecule has 1 saturated heterocycles. The molecular formula is C22H47N3O2Si. The molecule has 5 nitrogen and oxygen atoms in total. The number of methoxy groups -OCH3 is 2. The van der Waals surface area contributed by atoms with Crippen LogP contribution in [0, 0.1) is 0 Å². The zero-order valence-corrected chi connectivity index (χ0v) is 20.3. The first-order chi connectivity index (χ1) is 13.7. The van der Waals surface area contributed by atoms with Crippen molar-refractivity contribution in [3.8, 4) is 0 Å². The number of hydrogen-bond donors (Lipinski definition) is 0. The van der Waals surface area contributed by atoms with Gasteiger partial charge in [0.05, 0.1) is 0 Å². The number of rotatable bonds is 18. The Kier molecular flexibility index (Phi) is 16.6. The van der Waals surface area contributed by atoms with E-state index >= 15 is 0 Å². The molecule has 0 saturated carbocycles. The van der Waals surface area contributed by atoms with Gasteiger partial charge in [0.15, 0.2) is 0 Å². The summed E-state index contributed by atoms with van der Waals surface area (Å²) < 4.78 is 10.6. The Hall–Kier alpha value is 0.0169. The van der Waals surface area contributed by atoms with Crippen LogP contribution in [-0.4, -0.2) is 103 Å². The third-order valence-electron chi connectivity index (χ3n) is 5.74. The van der Waals surface area contributed by atoms with Gasteiger partial charge in [-0.3, -0.25) is 4.90 Å². The van der Waals surface area contributed by atoms with Crippen molar-refractivity contribution in [1.82, 2.24) is 14.7 Å². The SMILES string of the molecule is CCCCCN(CCCCC)CCN1CCN(CCC[Si]C(OC)OC)CC1. The topological polar surface area (TPSA) is 28.2 Å². The van der Waals surface area contributed by atoms with Crippen LogP contribution in [-0.2, 0) is 9.47 Å². The summed E-state index contributed by atoms with van der Waals surface area (Å²) in [5.41, 5.74) is 0. The molecule has 0 spiro atoms. The molecule has 0 aliphatic carbocycles. The van der Waals surface area contributed by atoms with Gasteiger partial charge >= 0.3 is 0 Å². The van der Waals surface area contributed by atoms with E-state index < -0.39 is 0 Å². The zero-order chi connectivity index (χ0) is 20.5. The van der Waals surface area contributed by atoms with E-state index in [4.69, 9.17) is 9.47 Å². The molecule has 1 aliphatic rings. The standard InChI is InChI=1S/C22H47N3O2Si/c1-5-7-9-12-23(13-10-8-6-2)15-18-25-19-16-24(17-20-25)14-11-21-28-22(26-3)27-4/h22H,5-21H2,1-4H3. The third-order valence-corrected chi connectivity index (χ3v) is 7.19. The molecular weight excluding hydrogens is 366 g/mol. The highest BCUT2D eigenvalue weighted by atomic mass is 28.2. The Labute approximate surface area is 177 Å². The van der Waals surface area contributed by atoms with Crippen molar-refractivity contribution in [2.45, 2.75) is 70.8 Å². The summed E-state index contributed by atoms with van der Waals surface area (Å²) in [7, 11) is 4.21. The van der Waals surface area contributed by atoms with Crippen LogP contribution in [0.1, 0.15) is 58.8 Å². The lowest BCUT2D eigenvalue weighted by Crippen LogP contribution is -2.48. The molecule has 0 aromatic rings. The number of ether oxygens (including phenoxy) is 2. The molecule has 0 aromatic carbocycles. The smallest absolute Gasteiger partial charge is 0.136 e. The minimum atomic E-state index is -0.00514. The van der Waals surface area contributed by atoms with Gasteiger partial charge in [-0.15, -0.1) is 0 Å². The van der Waals surface area contributed by atoms with Gasteiger partial charge < -0.3 is 19.3 Å². The molecule has 0 bridgehead atoms. The highest BCUT2D eigenvalue weighted by Crippen LogP contribution is 2.07. The van der Waals surface area contributed by atoms with Crippen molar-refractivity contribution in [2.24, 2.45) is 0 Å². The Balaban J connectivity index is 2.15. The van der Waals surface area contributed by atoms with Gasteiger partial charge in [0.1, 0.15) is 15.4 Å². The molecule has 0 N–H and O–H groups in total. The second kappa shape index (κ2) is 17.8. The molecule has 1 rings (SSSR count). The van der Waals surface area contributed by atoms with Crippen molar-refractivity contribution in [3.63, 3.8) is 0 Å². The lowest BCUT2D eigenvalue weighted by Gasteiger charge is -2.36. The fraction of sp³-hybridized carbons (Fsp3) is 1.00. The largest absolute Gasteiger partial charge is 0.360 e. The molecule has 28 heavy (non-hydrogen) atoms. The van der Waals surface area contributed by atoms with Crippen molar-refractivity contribution in [3.05, 3.63) is 0 Å². The summed E-state index contributed by atoms with van der Waals surface area (Å²) in [4.78, 5) is 8.03. The number of hydrogen-bond acceptors (Lipinski definition) is 5. The first-order valence-corrected chi connectivity index (χ1v) is 13.0. The Bertz CT molecular complexity index is 328. The summed E-state index contributed by atoms with van der Waals surface area (Å²) >= 11 is 0. The first-order valence-electron chi connectivity index (χ1n) is 11.7. The number of piperazine rings is 1. The normalized spacial score (nSPS) is 16.5. The van der Waals surface area contributed by atoms with Gasteiger partial charge in [-0.25, -0.2) is 0 Å². The maximum absolute atomic E-state index is 5.28. The monoisotopic (exact) mass is 413 g/mol. The second-order valence-electron chi connectivity index (χ2n) is 8.05. The van der Waals surface area contributed by atoms with E-state index in [1.54, 1.807) is 14.2 Å². The zero-order valence-electron chi connectivity index (χ0n) is 19.3. The fourth-order valence-electron chi connectivity index (χ4n) is 3.81. The van der Waals surface area contributed by atoms with Crippen LogP contribution in [0.3, 0.4) is 0 Å². The Morgan fingerprint density at radius 3 is 1.79 bits per heavy atom. The van der Waals surface area contributed by atoms with E-state index in [0.717, 1.165) is 9.52 Å². The number of unbranched alkanes of at least 4 members (excludes halogenated alkanes) is 4. The molecule has 1 fully saturated rings. The molecule has 0 atom stereocenters. The van der Waals surface area contributed by atoms with Crippen molar-refractivity contribution < 1.29 is 9.47 Å². The van der Waals surface area contributed by atoms with Crippen LogP contribution in [0.2, 0.25) is 6.04 Å². The lowest BCUT2D eigenvalue weighted by atomic mass is 10.2. The number of nitrogens with zero attached hydrogens (tertiary/aromatic N) is 3. The van der Waals surface area contributed by atoms with E-state index in [0.29, 0.717) is 0 Å². The molecule has 1 aliphatic heterocycles. The summed E-state index contributed by atoms with van der Waals surface area (Å²) in [5.74, 6) is -0.00514. The maximum atomic E-state index is 5.28. The molecule has 1 heterocycles. The van der Waals surface area contributed by atoms with E-state index in [-0.39, 0.29) is 5.91 Å². The average Bonchev–Trinajstić information content (AvgIpc) is 2.73. The first kappa shape index (κ1) is 26.1. The molecule has 0 aromatic heterocycles. The van der Waals surface area contributed by atoms with E-state index in [1.807, 2.05) is 0 Å². The highest BCUT2D eigenvalue weighted by Gasteiger charge is 2.17. The maximum Gasteiger partial charge on any atom is 0.136 e. The van der Waals surface area contributed by atoms with Gasteiger partial charge in [0.2, 0.25) is 0 Å². The van der Waals surface area contributed by atoms with E-state index in [1.165, 1.54) is 110 Å². The van der Waals surface area contributed by atoms with Gasteiger partial charge in [-0.2, -0.15) is 0 Å². The van der Waals surface area contributed by atoms with Crippen molar-refractivity contribution in [1.29, 1.82) is 0 Å². The summed E-state index contributed by atoms with van der Waals surface area (Å²) in [5, 5.41) is 0. The van der Waals surface area contributed by atoms with Crippen molar-refractivity contribution in [2.75, 3.05) is 73.1 Å². The summed E-state index contributed by atoms with van der Waals surface area (Å²) in [6, 6.07) is 1.21. The van der Waals surface area contributed by atoms with Crippen LogP contribution in [0.5, 0.6) is 0 Å². The van der Waals surface area contributed by atoms with E-state index in [9.17, 15) is 0 Å². The summed E-state index contributed by atoms with van der Waals surface area (Å²) in [6.45, 7) is 15.8. The predicted molar refractivity (Wildman–Crippen MR) is 121 cm³/mol. The predicted octanol–water partition coefficient (Wildman–Crippen LogP) is 3.38. The Morgan fingerprint density at radius 1 is 0.750 bits per heavy atom. The average molecular weight is 414 g/mol. The lowest BCUT2D eigenvalue weighted by molar-refractivity contribution is -0.0441. The highest BCUT2D eigenvalue weighted by molar-refractivity contribution is 6.36. The van der Waals surface area contributed by atoms with Crippen LogP contribution < -0.4 is 0 Å². The Morgan fingerprint density at radius 2 is 1.29 bits per heavy atom. The van der Waals surface area contributed by atoms with Gasteiger partial charge in [-0.05, 0) is 38.9 Å². The van der Waals surface area contributed by atoms with Gasteiger partial charge in [-0.1, -0.05) is 45.6 Å². The van der Waals surface area contributed by atoms with Gasteiger partial charge in [0.25, 0.3) is 0 Å². The molecule has 2 radical (unpaired) electrons. The molecule has 6 heteroatoms. The summed E-state index contributed by atoms with van der Waals surface area (Å²) in [6.07, 6.45) is 9.38. The van der Waals surface area contributed by atoms with Crippen molar-refractivity contribution >= 4 is 9.52 Å². The second-order valence-corrected chi connectivity index (χ2v) is 9.43. The minimum Gasteiger partial charge on any atom is -0.360 e. The molecule has 0 unspecified atom stereocenters. The minimum absolute atomic E-state index is 0.00514. The van der Waals surface area contributed by atoms with Crippen LogP contribution >= 0.6 is 0 Å². The fourth-order valence-corrected chi connectivity index (χ4v) is 4.74. The quantitative estimate of drug-likeness (QED) is 0.195. The van der Waals surface area contributed by atoms with Crippen LogP contribution in [0.25, 0.3) is 0 Å². The third kappa shape index (κ3) is 12.6. The van der Waals surface area contributed by atoms with Crippen LogP contribution in [0.15, 0.2) is 0 Å². The van der Waals surface area contributed by atoms with Gasteiger partial charge in [0, 0.05) is 53.5 Å². The van der Waals surface area contributed by atoms with Crippen LogP contribution in [0.4, 0.5) is 0 Å². The molecule has 0 amide bonds. The van der Waals surface area contributed by atoms with E-state index in [2.05, 4.69) is 28.5 Å².